The van der Waals surface area contributed by atoms with E-state index in [1.54, 1.807) is 24.4 Å². The van der Waals surface area contributed by atoms with Crippen molar-refractivity contribution in [1.82, 2.24) is 19.6 Å². The third-order valence-corrected chi connectivity index (χ3v) is 3.97. The summed E-state index contributed by atoms with van der Waals surface area (Å²) in [5.74, 6) is 0. The van der Waals surface area contributed by atoms with Gasteiger partial charge in [-0.3, -0.25) is 14.1 Å². The van der Waals surface area contributed by atoms with Crippen LogP contribution in [0.3, 0.4) is 0 Å². The molecule has 0 spiro atoms. The van der Waals surface area contributed by atoms with E-state index in [9.17, 15) is 4.79 Å². The number of halogens is 2. The van der Waals surface area contributed by atoms with E-state index in [0.29, 0.717) is 23.3 Å². The van der Waals surface area contributed by atoms with Crippen LogP contribution in [0.2, 0.25) is 5.02 Å². The Balaban J connectivity index is 0.00000161. The molecule has 3 heterocycles. The number of rotatable bonds is 3. The second-order valence-corrected chi connectivity index (χ2v) is 5.61. The van der Waals surface area contributed by atoms with Crippen LogP contribution in [0.25, 0.3) is 5.65 Å². The molecular formula is C14H18Cl2N4O. The summed E-state index contributed by atoms with van der Waals surface area (Å²) in [6.45, 7) is 2.75. The van der Waals surface area contributed by atoms with Crippen LogP contribution in [0.15, 0.2) is 29.2 Å². The van der Waals surface area contributed by atoms with Gasteiger partial charge in [-0.1, -0.05) is 11.6 Å². The maximum absolute atomic E-state index is 12.1. The molecule has 0 radical (unpaired) electrons. The normalized spacial score (nSPS) is 18.9. The number of aromatic nitrogens is 2. The smallest absolute Gasteiger partial charge is 0.258 e. The molecule has 21 heavy (non-hydrogen) atoms. The molecule has 1 fully saturated rings. The highest BCUT2D eigenvalue weighted by Crippen LogP contribution is 2.13. The fourth-order valence-electron chi connectivity index (χ4n) is 2.65. The first-order chi connectivity index (χ1) is 9.65. The minimum Gasteiger partial charge on any atom is -0.316 e. The molecule has 0 amide bonds. The number of hydrogen-bond acceptors (Lipinski definition) is 4. The van der Waals surface area contributed by atoms with E-state index in [2.05, 4.69) is 15.2 Å². The molecule has 0 bridgehead atoms. The maximum Gasteiger partial charge on any atom is 0.258 e. The summed E-state index contributed by atoms with van der Waals surface area (Å²) in [7, 11) is 1.98. The van der Waals surface area contributed by atoms with Gasteiger partial charge in [-0.25, -0.2) is 4.98 Å². The van der Waals surface area contributed by atoms with Crippen LogP contribution >= 0.6 is 24.0 Å². The molecule has 1 saturated heterocycles. The van der Waals surface area contributed by atoms with Crippen LogP contribution < -0.4 is 10.9 Å². The zero-order valence-electron chi connectivity index (χ0n) is 11.8. The van der Waals surface area contributed by atoms with E-state index in [0.717, 1.165) is 25.2 Å². The molecule has 1 N–H and O–H groups in total. The Morgan fingerprint density at radius 3 is 3.00 bits per heavy atom. The Morgan fingerprint density at radius 1 is 1.48 bits per heavy atom. The SMILES string of the molecule is CNC1CCN(Cc2cc(=O)n3cc(Cl)ccc3n2)C1.Cl. The molecule has 1 aliphatic rings. The van der Waals surface area contributed by atoms with Crippen molar-refractivity contribution < 1.29 is 0 Å². The van der Waals surface area contributed by atoms with E-state index >= 15 is 0 Å². The summed E-state index contributed by atoms with van der Waals surface area (Å²) in [5.41, 5.74) is 1.37. The number of hydrogen-bond donors (Lipinski definition) is 1. The number of fused-ring (bicyclic) bond motifs is 1. The quantitative estimate of drug-likeness (QED) is 0.929. The standard InChI is InChI=1S/C14H17ClN4O.ClH/c1-16-11-4-5-18(8-11)9-12-6-14(20)19-7-10(15)2-3-13(19)17-12;/h2-3,6-7,11,16H,4-5,8-9H2,1H3;1H. The van der Waals surface area contributed by atoms with E-state index in [4.69, 9.17) is 11.6 Å². The zero-order valence-corrected chi connectivity index (χ0v) is 13.3. The van der Waals surface area contributed by atoms with Crippen molar-refractivity contribution >= 4 is 29.7 Å². The molecule has 0 aromatic carbocycles. The lowest BCUT2D eigenvalue weighted by Gasteiger charge is -2.15. The summed E-state index contributed by atoms with van der Waals surface area (Å²) < 4.78 is 1.48. The predicted molar refractivity (Wildman–Crippen MR) is 86.5 cm³/mol. The molecule has 2 aromatic rings. The molecule has 114 valence electrons. The first-order valence-electron chi connectivity index (χ1n) is 6.73. The number of likely N-dealkylation sites (tertiary alicyclic amines) is 1. The van der Waals surface area contributed by atoms with Crippen LogP contribution in [-0.4, -0.2) is 40.5 Å². The van der Waals surface area contributed by atoms with Gasteiger partial charge in [0.1, 0.15) is 5.65 Å². The lowest BCUT2D eigenvalue weighted by molar-refractivity contribution is 0.318. The van der Waals surface area contributed by atoms with Gasteiger partial charge in [-0.15, -0.1) is 12.4 Å². The molecule has 2 aromatic heterocycles. The Bertz CT molecular complexity index is 688. The minimum absolute atomic E-state index is 0. The number of pyridine rings is 1. The Labute approximate surface area is 134 Å². The van der Waals surface area contributed by atoms with Gasteiger partial charge in [0.25, 0.3) is 5.56 Å². The lowest BCUT2D eigenvalue weighted by Crippen LogP contribution is -2.30. The number of likely N-dealkylation sites (N-methyl/N-ethyl adjacent to an activating group) is 1. The van der Waals surface area contributed by atoms with Crippen LogP contribution in [0.1, 0.15) is 12.1 Å². The highest BCUT2D eigenvalue weighted by Gasteiger charge is 2.21. The summed E-state index contributed by atoms with van der Waals surface area (Å²) in [6.07, 6.45) is 2.74. The van der Waals surface area contributed by atoms with Crippen molar-refractivity contribution in [2.24, 2.45) is 0 Å². The summed E-state index contributed by atoms with van der Waals surface area (Å²) in [6, 6.07) is 5.65. The Hall–Kier alpha value is -1.14. The fraction of sp³-hybridized carbons (Fsp3) is 0.429. The van der Waals surface area contributed by atoms with Crippen molar-refractivity contribution in [2.45, 2.75) is 19.0 Å². The molecule has 5 nitrogen and oxygen atoms in total. The third kappa shape index (κ3) is 3.55. The van der Waals surface area contributed by atoms with E-state index in [1.807, 2.05) is 7.05 Å². The average molecular weight is 329 g/mol. The van der Waals surface area contributed by atoms with Gasteiger partial charge in [0.05, 0.1) is 10.7 Å². The van der Waals surface area contributed by atoms with Gasteiger partial charge in [0.2, 0.25) is 0 Å². The first kappa shape index (κ1) is 16.2. The first-order valence-corrected chi connectivity index (χ1v) is 7.11. The number of nitrogens with zero attached hydrogens (tertiary/aromatic N) is 3. The number of nitrogens with one attached hydrogen (secondary N) is 1. The summed E-state index contributed by atoms with van der Waals surface area (Å²) in [5, 5.41) is 3.82. The second-order valence-electron chi connectivity index (χ2n) is 5.17. The van der Waals surface area contributed by atoms with Crippen LogP contribution in [-0.2, 0) is 6.54 Å². The van der Waals surface area contributed by atoms with Crippen molar-refractivity contribution in [2.75, 3.05) is 20.1 Å². The van der Waals surface area contributed by atoms with Crippen molar-refractivity contribution in [3.05, 3.63) is 45.5 Å². The highest BCUT2D eigenvalue weighted by molar-refractivity contribution is 6.30. The lowest BCUT2D eigenvalue weighted by atomic mass is 10.3. The van der Waals surface area contributed by atoms with E-state index in [-0.39, 0.29) is 18.0 Å². The fourth-order valence-corrected chi connectivity index (χ4v) is 2.81. The van der Waals surface area contributed by atoms with E-state index in [1.165, 1.54) is 4.40 Å². The van der Waals surface area contributed by atoms with Gasteiger partial charge in [-0.2, -0.15) is 0 Å². The van der Waals surface area contributed by atoms with Crippen molar-refractivity contribution in [1.29, 1.82) is 0 Å². The predicted octanol–water partition coefficient (Wildman–Crippen LogP) is 1.56. The molecule has 1 atom stereocenters. The topological polar surface area (TPSA) is 49.6 Å². The van der Waals surface area contributed by atoms with Gasteiger partial charge in [0, 0.05) is 37.9 Å². The van der Waals surface area contributed by atoms with Gasteiger partial charge < -0.3 is 5.32 Å². The third-order valence-electron chi connectivity index (χ3n) is 3.74. The van der Waals surface area contributed by atoms with Gasteiger partial charge in [-0.05, 0) is 25.6 Å². The van der Waals surface area contributed by atoms with E-state index < -0.39 is 0 Å². The molecule has 1 aliphatic heterocycles. The Kier molecular flexibility index (Phi) is 5.22. The van der Waals surface area contributed by atoms with Crippen LogP contribution in [0.4, 0.5) is 0 Å². The average Bonchev–Trinajstić information content (AvgIpc) is 2.87. The monoisotopic (exact) mass is 328 g/mol. The molecule has 0 saturated carbocycles. The molecule has 3 rings (SSSR count). The molecule has 7 heteroatoms. The van der Waals surface area contributed by atoms with Crippen LogP contribution in [0, 0.1) is 0 Å². The highest BCUT2D eigenvalue weighted by atomic mass is 35.5. The molecular weight excluding hydrogens is 311 g/mol. The van der Waals surface area contributed by atoms with Crippen molar-refractivity contribution in [3.63, 3.8) is 0 Å². The summed E-state index contributed by atoms with van der Waals surface area (Å²) in [4.78, 5) is 18.9. The van der Waals surface area contributed by atoms with Crippen LogP contribution in [0.5, 0.6) is 0 Å². The van der Waals surface area contributed by atoms with Crippen molar-refractivity contribution in [3.8, 4) is 0 Å². The van der Waals surface area contributed by atoms with Gasteiger partial charge in [0.15, 0.2) is 0 Å². The second kappa shape index (κ2) is 6.75. The zero-order chi connectivity index (χ0) is 14.1. The minimum atomic E-state index is -0.0862. The Morgan fingerprint density at radius 2 is 2.29 bits per heavy atom. The maximum atomic E-state index is 12.1. The largest absolute Gasteiger partial charge is 0.316 e. The summed E-state index contributed by atoms with van der Waals surface area (Å²) >= 11 is 5.90. The molecule has 0 aliphatic carbocycles. The van der Waals surface area contributed by atoms with Gasteiger partial charge >= 0.3 is 0 Å². The molecule has 1 unspecified atom stereocenters.